The molecule has 0 aliphatic carbocycles. The lowest BCUT2D eigenvalue weighted by molar-refractivity contribution is -0.137. The molecule has 1 fully saturated rings. The van der Waals surface area contributed by atoms with Gasteiger partial charge in [-0.1, -0.05) is 55.5 Å². The van der Waals surface area contributed by atoms with E-state index >= 15 is 0 Å². The third-order valence-corrected chi connectivity index (χ3v) is 5.21. The number of rotatable bonds is 7. The third kappa shape index (κ3) is 5.22. The molecule has 1 heterocycles. The van der Waals surface area contributed by atoms with Gasteiger partial charge >= 0.3 is 0 Å². The number of hydrogen-bond donors (Lipinski definition) is 1. The van der Waals surface area contributed by atoms with Gasteiger partial charge in [-0.05, 0) is 23.6 Å². The minimum Gasteiger partial charge on any atom is -0.338 e. The fraction of sp³-hybridized carbons (Fsp3) is 0.348. The lowest BCUT2D eigenvalue weighted by Gasteiger charge is -2.21. The first kappa shape index (κ1) is 20.6. The summed E-state index contributed by atoms with van der Waals surface area (Å²) in [4.78, 5) is 40.6. The standard InChI is InChI=1S/C23H27N3O3/c1-3-18-11-7-8-12-20(18)24-21(27)16-25(2)23(29)19-13-22(28)26(15-19)14-17-9-5-4-6-10-17/h4-12,19H,3,13-16H2,1-2H3,(H,24,27)/t19-/m0/s1. The van der Waals surface area contributed by atoms with Crippen LogP contribution >= 0.6 is 0 Å². The van der Waals surface area contributed by atoms with Crippen LogP contribution in [0, 0.1) is 5.92 Å². The van der Waals surface area contributed by atoms with Gasteiger partial charge in [0.15, 0.2) is 0 Å². The first-order valence-corrected chi connectivity index (χ1v) is 9.92. The number of likely N-dealkylation sites (N-methyl/N-ethyl adjacent to an activating group) is 1. The smallest absolute Gasteiger partial charge is 0.243 e. The van der Waals surface area contributed by atoms with Crippen molar-refractivity contribution in [1.82, 2.24) is 9.80 Å². The summed E-state index contributed by atoms with van der Waals surface area (Å²) in [5, 5.41) is 2.88. The molecule has 0 aromatic heterocycles. The minimum absolute atomic E-state index is 0.0260. The van der Waals surface area contributed by atoms with Gasteiger partial charge in [0.1, 0.15) is 0 Å². The van der Waals surface area contributed by atoms with Crippen LogP contribution in [0.15, 0.2) is 54.6 Å². The second-order valence-corrected chi connectivity index (χ2v) is 7.41. The first-order chi connectivity index (χ1) is 14.0. The van der Waals surface area contributed by atoms with E-state index in [1.54, 1.807) is 11.9 Å². The van der Waals surface area contributed by atoms with Crippen LogP contribution in [-0.4, -0.2) is 47.7 Å². The molecule has 152 valence electrons. The molecule has 0 unspecified atom stereocenters. The van der Waals surface area contributed by atoms with E-state index in [0.717, 1.165) is 23.2 Å². The number of amides is 3. The molecule has 0 radical (unpaired) electrons. The summed E-state index contributed by atoms with van der Waals surface area (Å²) in [7, 11) is 1.61. The van der Waals surface area contributed by atoms with E-state index in [0.29, 0.717) is 13.1 Å². The van der Waals surface area contributed by atoms with Crippen LogP contribution < -0.4 is 5.32 Å². The van der Waals surface area contributed by atoms with Gasteiger partial charge in [0, 0.05) is 32.2 Å². The van der Waals surface area contributed by atoms with Crippen molar-refractivity contribution in [2.24, 2.45) is 5.92 Å². The van der Waals surface area contributed by atoms with Crippen LogP contribution in [0.4, 0.5) is 5.69 Å². The van der Waals surface area contributed by atoms with Crippen molar-refractivity contribution in [2.75, 3.05) is 25.5 Å². The molecule has 3 rings (SSSR count). The molecule has 1 aliphatic heterocycles. The zero-order chi connectivity index (χ0) is 20.8. The van der Waals surface area contributed by atoms with Gasteiger partial charge in [0.05, 0.1) is 12.5 Å². The maximum absolute atomic E-state index is 12.8. The highest BCUT2D eigenvalue weighted by Crippen LogP contribution is 2.22. The number of benzene rings is 2. The van der Waals surface area contributed by atoms with Crippen molar-refractivity contribution in [3.05, 3.63) is 65.7 Å². The maximum atomic E-state index is 12.8. The summed E-state index contributed by atoms with van der Waals surface area (Å²) in [5.74, 6) is -0.853. The predicted molar refractivity (Wildman–Crippen MR) is 112 cm³/mol. The molecule has 6 nitrogen and oxygen atoms in total. The predicted octanol–water partition coefficient (Wildman–Crippen LogP) is 2.69. The summed E-state index contributed by atoms with van der Waals surface area (Å²) in [6, 6.07) is 17.4. The summed E-state index contributed by atoms with van der Waals surface area (Å²) in [6.45, 7) is 2.87. The summed E-state index contributed by atoms with van der Waals surface area (Å²) in [6.07, 6.45) is 1.00. The number of hydrogen-bond acceptors (Lipinski definition) is 3. The van der Waals surface area contributed by atoms with Crippen LogP contribution in [0.2, 0.25) is 0 Å². The molecular formula is C23H27N3O3. The Bertz CT molecular complexity index is 882. The number of carbonyl (C=O) groups is 3. The lowest BCUT2D eigenvalue weighted by Crippen LogP contribution is -2.39. The van der Waals surface area contributed by atoms with Gasteiger partial charge in [-0.3, -0.25) is 14.4 Å². The molecule has 3 amide bonds. The van der Waals surface area contributed by atoms with Crippen molar-refractivity contribution >= 4 is 23.4 Å². The van der Waals surface area contributed by atoms with Crippen molar-refractivity contribution < 1.29 is 14.4 Å². The number of anilines is 1. The molecule has 0 bridgehead atoms. The van der Waals surface area contributed by atoms with Gasteiger partial charge in [-0.25, -0.2) is 0 Å². The zero-order valence-electron chi connectivity index (χ0n) is 16.9. The maximum Gasteiger partial charge on any atom is 0.243 e. The topological polar surface area (TPSA) is 69.7 Å². The lowest BCUT2D eigenvalue weighted by atomic mass is 10.1. The average Bonchev–Trinajstić information content (AvgIpc) is 3.08. The fourth-order valence-electron chi connectivity index (χ4n) is 3.64. The molecule has 1 N–H and O–H groups in total. The van der Waals surface area contributed by atoms with Crippen LogP contribution in [0.1, 0.15) is 24.5 Å². The SMILES string of the molecule is CCc1ccccc1NC(=O)CN(C)C(=O)[C@H]1CC(=O)N(Cc2ccccc2)C1. The van der Waals surface area contributed by atoms with E-state index in [1.807, 2.05) is 61.5 Å². The highest BCUT2D eigenvalue weighted by molar-refractivity contribution is 5.96. The fourth-order valence-corrected chi connectivity index (χ4v) is 3.64. The largest absolute Gasteiger partial charge is 0.338 e. The Morgan fingerprint density at radius 1 is 1.10 bits per heavy atom. The molecule has 0 spiro atoms. The minimum atomic E-state index is -0.410. The first-order valence-electron chi connectivity index (χ1n) is 9.92. The summed E-state index contributed by atoms with van der Waals surface area (Å²) >= 11 is 0. The number of nitrogens with one attached hydrogen (secondary N) is 1. The van der Waals surface area contributed by atoms with Crippen LogP contribution in [0.3, 0.4) is 0 Å². The van der Waals surface area contributed by atoms with Crippen LogP contribution in [0.5, 0.6) is 0 Å². The van der Waals surface area contributed by atoms with Crippen LogP contribution in [0.25, 0.3) is 0 Å². The molecule has 1 aliphatic rings. The number of para-hydroxylation sites is 1. The summed E-state index contributed by atoms with van der Waals surface area (Å²) in [5.41, 5.74) is 2.86. The molecular weight excluding hydrogens is 366 g/mol. The molecule has 2 aromatic carbocycles. The Balaban J connectivity index is 1.54. The molecule has 29 heavy (non-hydrogen) atoms. The van der Waals surface area contributed by atoms with Crippen molar-refractivity contribution in [2.45, 2.75) is 26.3 Å². The van der Waals surface area contributed by atoms with E-state index in [9.17, 15) is 14.4 Å². The highest BCUT2D eigenvalue weighted by Gasteiger charge is 2.36. The Morgan fingerprint density at radius 3 is 2.52 bits per heavy atom. The Labute approximate surface area is 171 Å². The van der Waals surface area contributed by atoms with E-state index in [1.165, 1.54) is 4.90 Å². The Kier molecular flexibility index (Phi) is 6.65. The number of aryl methyl sites for hydroxylation is 1. The molecule has 2 aromatic rings. The normalized spacial score (nSPS) is 16.0. The van der Waals surface area contributed by atoms with Gasteiger partial charge in [0.2, 0.25) is 17.7 Å². The molecule has 1 saturated heterocycles. The van der Waals surface area contributed by atoms with E-state index < -0.39 is 5.92 Å². The van der Waals surface area contributed by atoms with Gasteiger partial charge in [0.25, 0.3) is 0 Å². The van der Waals surface area contributed by atoms with Crippen molar-refractivity contribution in [3.8, 4) is 0 Å². The summed E-state index contributed by atoms with van der Waals surface area (Å²) < 4.78 is 0. The second-order valence-electron chi connectivity index (χ2n) is 7.41. The molecule has 6 heteroatoms. The second kappa shape index (κ2) is 9.37. The van der Waals surface area contributed by atoms with Gasteiger partial charge in [-0.15, -0.1) is 0 Å². The average molecular weight is 393 g/mol. The van der Waals surface area contributed by atoms with E-state index in [-0.39, 0.29) is 30.7 Å². The van der Waals surface area contributed by atoms with Gasteiger partial charge in [-0.2, -0.15) is 0 Å². The van der Waals surface area contributed by atoms with Crippen molar-refractivity contribution in [3.63, 3.8) is 0 Å². The van der Waals surface area contributed by atoms with Gasteiger partial charge < -0.3 is 15.1 Å². The Morgan fingerprint density at radius 2 is 1.79 bits per heavy atom. The number of likely N-dealkylation sites (tertiary alicyclic amines) is 1. The monoisotopic (exact) mass is 393 g/mol. The van der Waals surface area contributed by atoms with E-state index in [2.05, 4.69) is 5.32 Å². The molecule has 0 saturated carbocycles. The highest BCUT2D eigenvalue weighted by atomic mass is 16.2. The zero-order valence-corrected chi connectivity index (χ0v) is 16.9. The van der Waals surface area contributed by atoms with Crippen molar-refractivity contribution in [1.29, 1.82) is 0 Å². The third-order valence-electron chi connectivity index (χ3n) is 5.21. The molecule has 1 atom stereocenters. The number of carbonyl (C=O) groups excluding carboxylic acids is 3. The quantitative estimate of drug-likeness (QED) is 0.786. The number of nitrogens with zero attached hydrogens (tertiary/aromatic N) is 2. The Hall–Kier alpha value is -3.15. The van der Waals surface area contributed by atoms with Crippen LogP contribution in [-0.2, 0) is 27.3 Å². The van der Waals surface area contributed by atoms with E-state index in [4.69, 9.17) is 0 Å².